The molecular weight excluding hydrogens is 272 g/mol. The van der Waals surface area contributed by atoms with E-state index < -0.39 is 18.2 Å². The van der Waals surface area contributed by atoms with Gasteiger partial charge in [0, 0.05) is 19.4 Å². The molecule has 3 N–H and O–H groups in total. The lowest BCUT2D eigenvalue weighted by molar-refractivity contribution is -0.137. The first-order valence-electron chi connectivity index (χ1n) is 7.29. The third-order valence-corrected chi connectivity index (χ3v) is 3.28. The van der Waals surface area contributed by atoms with Gasteiger partial charge in [-0.25, -0.2) is 0 Å². The van der Waals surface area contributed by atoms with Crippen LogP contribution in [0, 0.1) is 5.92 Å². The van der Waals surface area contributed by atoms with Crippen LogP contribution < -0.4 is 0 Å². The SMILES string of the molecule is CO[C@@H](/C=C/CCCCC(=O)O)C(O)[C@H](C)/C=C(/C)CO. The molecule has 5 heteroatoms. The Morgan fingerprint density at radius 3 is 2.52 bits per heavy atom. The monoisotopic (exact) mass is 300 g/mol. The zero-order valence-corrected chi connectivity index (χ0v) is 13.2. The van der Waals surface area contributed by atoms with Crippen LogP contribution in [0.2, 0.25) is 0 Å². The van der Waals surface area contributed by atoms with Gasteiger partial charge in [0.25, 0.3) is 0 Å². The van der Waals surface area contributed by atoms with Gasteiger partial charge in [0.1, 0.15) is 6.10 Å². The Bertz CT molecular complexity index is 349. The van der Waals surface area contributed by atoms with Crippen molar-refractivity contribution in [2.45, 2.75) is 51.7 Å². The molecule has 0 aliphatic carbocycles. The molecule has 3 atom stereocenters. The maximum absolute atomic E-state index is 10.4. The lowest BCUT2D eigenvalue weighted by Gasteiger charge is -2.23. The second-order valence-corrected chi connectivity index (χ2v) is 5.29. The summed E-state index contributed by atoms with van der Waals surface area (Å²) in [5.41, 5.74) is 0.814. The predicted octanol–water partition coefficient (Wildman–Crippen LogP) is 2.14. The summed E-state index contributed by atoms with van der Waals surface area (Å²) < 4.78 is 5.27. The molecule has 0 aliphatic heterocycles. The van der Waals surface area contributed by atoms with Crippen molar-refractivity contribution < 1.29 is 24.9 Å². The minimum atomic E-state index is -0.774. The first-order valence-corrected chi connectivity index (χ1v) is 7.29. The molecule has 0 spiro atoms. The van der Waals surface area contributed by atoms with E-state index in [0.717, 1.165) is 18.4 Å². The Morgan fingerprint density at radius 2 is 2.00 bits per heavy atom. The number of methoxy groups -OCH3 is 1. The molecule has 21 heavy (non-hydrogen) atoms. The van der Waals surface area contributed by atoms with E-state index in [1.807, 2.05) is 32.1 Å². The minimum Gasteiger partial charge on any atom is -0.481 e. The van der Waals surface area contributed by atoms with Gasteiger partial charge in [-0.1, -0.05) is 30.7 Å². The first kappa shape index (κ1) is 19.8. The number of carbonyl (C=O) groups is 1. The van der Waals surface area contributed by atoms with E-state index in [0.29, 0.717) is 6.42 Å². The van der Waals surface area contributed by atoms with Crippen LogP contribution >= 0.6 is 0 Å². The molecule has 122 valence electrons. The number of unbranched alkanes of at least 4 members (excludes halogenated alkanes) is 2. The maximum atomic E-state index is 10.4. The standard InChI is InChI=1S/C16H28O5/c1-12(11-17)10-13(2)16(20)14(21-3)8-6-4-5-7-9-15(18)19/h6,8,10,13-14,16-17,20H,4-5,7,9,11H2,1-3H3,(H,18,19)/b8-6+,12-10-/t13-,14+,16?/m1/s1. The summed E-state index contributed by atoms with van der Waals surface area (Å²) in [5.74, 6) is -0.900. The highest BCUT2D eigenvalue weighted by Gasteiger charge is 2.21. The molecule has 0 saturated carbocycles. The van der Waals surface area contributed by atoms with Crippen LogP contribution in [0.1, 0.15) is 39.5 Å². The van der Waals surface area contributed by atoms with Gasteiger partial charge in [-0.3, -0.25) is 4.79 Å². The van der Waals surface area contributed by atoms with E-state index >= 15 is 0 Å². The van der Waals surface area contributed by atoms with Crippen LogP contribution in [0.5, 0.6) is 0 Å². The average Bonchev–Trinajstić information content (AvgIpc) is 2.45. The van der Waals surface area contributed by atoms with E-state index in [1.54, 1.807) is 0 Å². The summed E-state index contributed by atoms with van der Waals surface area (Å²) in [6, 6.07) is 0. The molecule has 0 radical (unpaired) electrons. The molecule has 0 heterocycles. The molecule has 0 rings (SSSR count). The van der Waals surface area contributed by atoms with E-state index in [4.69, 9.17) is 14.9 Å². The third-order valence-electron chi connectivity index (χ3n) is 3.28. The highest BCUT2D eigenvalue weighted by atomic mass is 16.5. The molecule has 0 fully saturated rings. The van der Waals surface area contributed by atoms with Crippen molar-refractivity contribution >= 4 is 5.97 Å². The zero-order chi connectivity index (χ0) is 16.3. The van der Waals surface area contributed by atoms with Gasteiger partial charge >= 0.3 is 5.97 Å². The Balaban J connectivity index is 4.27. The van der Waals surface area contributed by atoms with Gasteiger partial charge in [-0.15, -0.1) is 0 Å². The Labute approximate surface area is 126 Å². The number of allylic oxidation sites excluding steroid dienone is 1. The van der Waals surface area contributed by atoms with Crippen molar-refractivity contribution in [3.05, 3.63) is 23.8 Å². The molecule has 0 amide bonds. The van der Waals surface area contributed by atoms with Gasteiger partial charge in [-0.05, 0) is 26.2 Å². The van der Waals surface area contributed by atoms with E-state index in [2.05, 4.69) is 0 Å². The van der Waals surface area contributed by atoms with Crippen LogP contribution in [-0.2, 0) is 9.53 Å². The Hall–Kier alpha value is -1.17. The highest BCUT2D eigenvalue weighted by Crippen LogP contribution is 2.15. The minimum absolute atomic E-state index is 0.0197. The summed E-state index contributed by atoms with van der Waals surface area (Å²) in [6.07, 6.45) is 6.85. The fourth-order valence-electron chi connectivity index (χ4n) is 2.00. The number of rotatable bonds is 11. The Morgan fingerprint density at radius 1 is 1.33 bits per heavy atom. The largest absolute Gasteiger partial charge is 0.481 e. The van der Waals surface area contributed by atoms with Crippen LogP contribution in [0.4, 0.5) is 0 Å². The fourth-order valence-corrected chi connectivity index (χ4v) is 2.00. The number of aliphatic carboxylic acids is 1. The molecular formula is C16H28O5. The van der Waals surface area contributed by atoms with Crippen molar-refractivity contribution in [1.29, 1.82) is 0 Å². The number of hydrogen-bond acceptors (Lipinski definition) is 4. The van der Waals surface area contributed by atoms with Gasteiger partial charge in [0.05, 0.1) is 12.7 Å². The lowest BCUT2D eigenvalue weighted by Crippen LogP contribution is -2.31. The highest BCUT2D eigenvalue weighted by molar-refractivity contribution is 5.66. The number of carboxylic acids is 1. The molecule has 0 aromatic heterocycles. The van der Waals surface area contributed by atoms with Crippen LogP contribution in [0.15, 0.2) is 23.8 Å². The third kappa shape index (κ3) is 9.39. The number of aliphatic hydroxyl groups is 2. The molecule has 0 aromatic carbocycles. The average molecular weight is 300 g/mol. The van der Waals surface area contributed by atoms with Crippen molar-refractivity contribution in [3.8, 4) is 0 Å². The summed E-state index contributed by atoms with van der Waals surface area (Å²) in [4.78, 5) is 10.4. The van der Waals surface area contributed by atoms with Gasteiger partial charge < -0.3 is 20.1 Å². The topological polar surface area (TPSA) is 87.0 Å². The normalized spacial score (nSPS) is 16.9. The van der Waals surface area contributed by atoms with Gasteiger partial charge in [-0.2, -0.15) is 0 Å². The summed E-state index contributed by atoms with van der Waals surface area (Å²) in [7, 11) is 1.54. The number of hydrogen-bond donors (Lipinski definition) is 3. The van der Waals surface area contributed by atoms with Crippen LogP contribution in [0.3, 0.4) is 0 Å². The molecule has 1 unspecified atom stereocenters. The predicted molar refractivity (Wildman–Crippen MR) is 82.1 cm³/mol. The van der Waals surface area contributed by atoms with Crippen LogP contribution in [-0.4, -0.2) is 47.2 Å². The number of aliphatic hydroxyl groups excluding tert-OH is 2. The van der Waals surface area contributed by atoms with E-state index in [-0.39, 0.29) is 18.9 Å². The smallest absolute Gasteiger partial charge is 0.303 e. The second-order valence-electron chi connectivity index (χ2n) is 5.29. The summed E-state index contributed by atoms with van der Waals surface area (Å²) in [6.45, 7) is 3.66. The quantitative estimate of drug-likeness (QED) is 0.402. The molecule has 0 aromatic rings. The molecule has 0 saturated heterocycles. The van der Waals surface area contributed by atoms with E-state index in [1.165, 1.54) is 7.11 Å². The summed E-state index contributed by atoms with van der Waals surface area (Å²) in [5, 5.41) is 27.7. The number of carboxylic acid groups (broad SMARTS) is 1. The Kier molecular flexibility index (Phi) is 10.8. The molecule has 0 aliphatic rings. The second kappa shape index (κ2) is 11.5. The first-order chi connectivity index (χ1) is 9.92. The van der Waals surface area contributed by atoms with E-state index in [9.17, 15) is 9.90 Å². The summed E-state index contributed by atoms with van der Waals surface area (Å²) >= 11 is 0. The zero-order valence-electron chi connectivity index (χ0n) is 13.2. The van der Waals surface area contributed by atoms with Gasteiger partial charge in [0.2, 0.25) is 0 Å². The van der Waals surface area contributed by atoms with Crippen molar-refractivity contribution in [2.75, 3.05) is 13.7 Å². The molecule has 5 nitrogen and oxygen atoms in total. The maximum Gasteiger partial charge on any atom is 0.303 e. The lowest BCUT2D eigenvalue weighted by atomic mass is 9.96. The van der Waals surface area contributed by atoms with Crippen molar-refractivity contribution in [3.63, 3.8) is 0 Å². The van der Waals surface area contributed by atoms with Crippen LogP contribution in [0.25, 0.3) is 0 Å². The molecule has 0 bridgehead atoms. The number of ether oxygens (including phenoxy) is 1. The van der Waals surface area contributed by atoms with Crippen molar-refractivity contribution in [2.24, 2.45) is 5.92 Å². The van der Waals surface area contributed by atoms with Gasteiger partial charge in [0.15, 0.2) is 0 Å². The fraction of sp³-hybridized carbons (Fsp3) is 0.688. The van der Waals surface area contributed by atoms with Crippen molar-refractivity contribution in [1.82, 2.24) is 0 Å².